The molecule has 346 valence electrons. The maximum atomic E-state index is 14.9. The Morgan fingerprint density at radius 3 is 1.90 bits per heavy atom. The number of hydrogen-bond donors (Lipinski definition) is 3. The number of oxime groups is 2. The highest BCUT2D eigenvalue weighted by atomic mass is 32.2. The van der Waals surface area contributed by atoms with Crippen LogP contribution in [0.4, 0.5) is 9.93 Å². The number of nitrogens with zero attached hydrogens (tertiary/aromatic N) is 4. The largest absolute Gasteiger partial charge is 0.469 e. The fourth-order valence-electron chi connectivity index (χ4n) is 7.94. The van der Waals surface area contributed by atoms with E-state index in [0.29, 0.717) is 24.3 Å². The minimum atomic E-state index is -1.37. The number of nitrogens with one attached hydrogen (secondary N) is 2. The molecule has 1 aromatic heterocycles. The van der Waals surface area contributed by atoms with Crippen LogP contribution in [0.2, 0.25) is 0 Å². The number of rotatable bonds is 16. The molecule has 6 aromatic rings. The maximum Gasteiger partial charge on any atom is 0.413 e. The van der Waals surface area contributed by atoms with Crippen LogP contribution < -0.4 is 10.6 Å². The Bertz CT molecular complexity index is 2690. The monoisotopic (exact) mass is 964 g/mol. The van der Waals surface area contributed by atoms with Crippen LogP contribution in [-0.2, 0) is 29.5 Å². The van der Waals surface area contributed by atoms with Crippen molar-refractivity contribution < 1.29 is 33.9 Å². The quantitative estimate of drug-likeness (QED) is 0.0212. The predicted molar refractivity (Wildman–Crippen MR) is 269 cm³/mol. The average Bonchev–Trinajstić information content (AvgIpc) is 3.81. The first-order chi connectivity index (χ1) is 33.0. The number of thioether (sulfide) groups is 1. The SMILES string of the molecule is CC(C)(C)OC(=O)Nc1nc(/C(=N/OC(c2ccccc2)(c2ccccc2)c2ccccc2)C(=O)NC2C(=O)N3C(C(=S)OC(c4ccccc4)c4ccccc4)=C(CCC=NO)CS[C@H]23)cs1. The molecule has 0 radical (unpaired) electrons. The summed E-state index contributed by atoms with van der Waals surface area (Å²) in [6.07, 6.45) is 0.908. The van der Waals surface area contributed by atoms with Gasteiger partial charge in [0.25, 0.3) is 11.8 Å². The zero-order chi connectivity index (χ0) is 47.7. The summed E-state index contributed by atoms with van der Waals surface area (Å²) < 4.78 is 12.1. The number of carbonyl (C=O) groups excluding carboxylic acids is 3. The lowest BCUT2D eigenvalue weighted by atomic mass is 9.80. The van der Waals surface area contributed by atoms with E-state index in [4.69, 9.17) is 26.5 Å². The molecule has 0 bridgehead atoms. The number of hydrogen-bond acceptors (Lipinski definition) is 13. The number of amides is 3. The number of benzene rings is 5. The molecule has 5 aromatic carbocycles. The molecular formula is C52H48N6O7S3. The second-order valence-electron chi connectivity index (χ2n) is 16.7. The van der Waals surface area contributed by atoms with Gasteiger partial charge in [0.05, 0.1) is 5.70 Å². The summed E-state index contributed by atoms with van der Waals surface area (Å²) in [4.78, 5) is 55.2. The molecule has 3 heterocycles. The molecule has 0 aliphatic carbocycles. The zero-order valence-corrected chi connectivity index (χ0v) is 39.8. The van der Waals surface area contributed by atoms with Crippen LogP contribution >= 0.6 is 35.3 Å². The van der Waals surface area contributed by atoms with E-state index >= 15 is 0 Å². The Hall–Kier alpha value is -7.14. The van der Waals surface area contributed by atoms with Gasteiger partial charge in [0.15, 0.2) is 10.8 Å². The molecule has 1 fully saturated rings. The summed E-state index contributed by atoms with van der Waals surface area (Å²) in [5, 5.41) is 23.9. The van der Waals surface area contributed by atoms with Crippen molar-refractivity contribution in [2.75, 3.05) is 11.1 Å². The summed E-state index contributed by atoms with van der Waals surface area (Å²) in [6.45, 7) is 5.24. The van der Waals surface area contributed by atoms with E-state index in [-0.39, 0.29) is 21.6 Å². The Morgan fingerprint density at radius 2 is 1.38 bits per heavy atom. The number of aromatic nitrogens is 1. The Morgan fingerprint density at radius 1 is 0.853 bits per heavy atom. The van der Waals surface area contributed by atoms with Crippen LogP contribution in [0.3, 0.4) is 0 Å². The summed E-state index contributed by atoms with van der Waals surface area (Å²) >= 11 is 8.60. The van der Waals surface area contributed by atoms with E-state index in [1.807, 2.05) is 152 Å². The van der Waals surface area contributed by atoms with E-state index in [1.54, 1.807) is 31.1 Å². The van der Waals surface area contributed by atoms with Crippen molar-refractivity contribution in [3.05, 3.63) is 202 Å². The normalized spacial score (nSPS) is 16.2. The van der Waals surface area contributed by atoms with E-state index in [2.05, 4.69) is 25.9 Å². The van der Waals surface area contributed by atoms with Crippen LogP contribution in [0, 0.1) is 0 Å². The molecule has 3 amide bonds. The molecule has 0 saturated carbocycles. The van der Waals surface area contributed by atoms with Crippen LogP contribution in [0.1, 0.15) is 73.2 Å². The summed E-state index contributed by atoms with van der Waals surface area (Å²) in [7, 11) is 0. The smallest absolute Gasteiger partial charge is 0.413 e. The van der Waals surface area contributed by atoms with Gasteiger partial charge in [-0.05, 0) is 62.5 Å². The summed E-state index contributed by atoms with van der Waals surface area (Å²) in [6, 6.07) is 47.0. The summed E-state index contributed by atoms with van der Waals surface area (Å²) in [5.74, 6) is -0.716. The zero-order valence-electron chi connectivity index (χ0n) is 37.4. The Kier molecular flexibility index (Phi) is 14.8. The molecule has 16 heteroatoms. The lowest BCUT2D eigenvalue weighted by molar-refractivity contribution is -0.144. The average molecular weight is 965 g/mol. The van der Waals surface area contributed by atoms with Gasteiger partial charge in [-0.2, -0.15) is 0 Å². The lowest BCUT2D eigenvalue weighted by Gasteiger charge is -2.50. The molecule has 1 unspecified atom stereocenters. The number of ether oxygens (including phenoxy) is 2. The van der Waals surface area contributed by atoms with Gasteiger partial charge in [0.2, 0.25) is 10.7 Å². The second-order valence-corrected chi connectivity index (χ2v) is 19.1. The summed E-state index contributed by atoms with van der Waals surface area (Å²) in [5.41, 5.74) is 2.90. The van der Waals surface area contributed by atoms with Crippen molar-refractivity contribution in [1.29, 1.82) is 0 Å². The second kappa shape index (κ2) is 21.2. The van der Waals surface area contributed by atoms with Gasteiger partial charge >= 0.3 is 6.09 Å². The highest BCUT2D eigenvalue weighted by Crippen LogP contribution is 2.44. The predicted octanol–water partition coefficient (Wildman–Crippen LogP) is 10.2. The van der Waals surface area contributed by atoms with Gasteiger partial charge in [0, 0.05) is 34.0 Å². The van der Waals surface area contributed by atoms with Crippen LogP contribution in [0.5, 0.6) is 0 Å². The van der Waals surface area contributed by atoms with Gasteiger partial charge in [-0.3, -0.25) is 19.8 Å². The van der Waals surface area contributed by atoms with Crippen molar-refractivity contribution in [3.8, 4) is 0 Å². The number of anilines is 1. The van der Waals surface area contributed by atoms with Crippen LogP contribution in [0.25, 0.3) is 0 Å². The molecule has 3 N–H and O–H groups in total. The fraction of sp³-hybridized carbons (Fsp3) is 0.212. The molecule has 2 aliphatic heterocycles. The van der Waals surface area contributed by atoms with E-state index in [9.17, 15) is 19.6 Å². The van der Waals surface area contributed by atoms with Crippen LogP contribution in [-0.4, -0.2) is 72.7 Å². The highest BCUT2D eigenvalue weighted by Gasteiger charge is 2.54. The molecule has 1 saturated heterocycles. The van der Waals surface area contributed by atoms with Gasteiger partial charge < -0.3 is 24.8 Å². The van der Waals surface area contributed by atoms with Gasteiger partial charge in [-0.25, -0.2) is 9.78 Å². The molecule has 68 heavy (non-hydrogen) atoms. The molecule has 0 spiro atoms. The molecule has 2 atom stereocenters. The fourth-order valence-corrected chi connectivity index (χ4v) is 10.4. The van der Waals surface area contributed by atoms with E-state index in [0.717, 1.165) is 44.7 Å². The third kappa shape index (κ3) is 10.5. The third-order valence-corrected chi connectivity index (χ3v) is 13.4. The Labute approximate surface area is 407 Å². The van der Waals surface area contributed by atoms with Crippen molar-refractivity contribution in [2.24, 2.45) is 10.3 Å². The van der Waals surface area contributed by atoms with Crippen molar-refractivity contribution in [1.82, 2.24) is 15.2 Å². The number of thiazole rings is 1. The minimum absolute atomic E-state index is 0.0810. The first kappa shape index (κ1) is 47.4. The molecule has 13 nitrogen and oxygen atoms in total. The Balaban J connectivity index is 1.14. The van der Waals surface area contributed by atoms with Crippen molar-refractivity contribution in [3.63, 3.8) is 0 Å². The first-order valence-electron chi connectivity index (χ1n) is 21.8. The van der Waals surface area contributed by atoms with Gasteiger partial charge in [0.1, 0.15) is 28.8 Å². The van der Waals surface area contributed by atoms with E-state index < -0.39 is 46.6 Å². The van der Waals surface area contributed by atoms with Crippen molar-refractivity contribution in [2.45, 2.75) is 62.3 Å². The number of fused-ring (bicyclic) bond motifs is 1. The standard InChI is InChI=1S/C52H48N6O7S3/c1-51(2,3)64-50(61)56-49-54-40(33-68-49)41(57-65-52(37-25-13-6-14-26-37,38-27-15-7-16-28-38)39-29-17-8-18-30-39)45(59)55-42-46(60)58-43(36(24-19-31-53-62)32-67-47(42)58)48(66)63-44(34-20-9-4-10-21-34)35-22-11-5-12-23-35/h4-18,20-23,25-31,33,42,44,47,62H,19,24,32H2,1-3H3,(H,55,59)(H,54,56,61)/b53-31?,57-41-/t42?,47-/m1/s1. The van der Waals surface area contributed by atoms with Gasteiger partial charge in [-0.1, -0.05) is 157 Å². The number of thiocarbonyl (C=S) groups is 1. The topological polar surface area (TPSA) is 164 Å². The highest BCUT2D eigenvalue weighted by molar-refractivity contribution is 8.00. The third-order valence-electron chi connectivity index (χ3n) is 11.0. The van der Waals surface area contributed by atoms with E-state index in [1.165, 1.54) is 18.0 Å². The minimum Gasteiger partial charge on any atom is -0.469 e. The molecular weight excluding hydrogens is 917 g/mol. The number of β-lactam (4-membered cyclic amide) rings is 1. The number of carbonyl (C=O) groups is 3. The molecule has 2 aliphatic rings. The van der Waals surface area contributed by atoms with Crippen LogP contribution in [0.15, 0.2) is 179 Å². The van der Waals surface area contributed by atoms with Gasteiger partial charge in [-0.15, -0.1) is 28.3 Å². The maximum absolute atomic E-state index is 14.9. The lowest BCUT2D eigenvalue weighted by Crippen LogP contribution is -2.71. The van der Waals surface area contributed by atoms with Crippen molar-refractivity contribution >= 4 is 75.3 Å². The first-order valence-corrected chi connectivity index (χ1v) is 24.1. The molecule has 8 rings (SSSR count).